The van der Waals surface area contributed by atoms with Crippen LogP contribution in [0.5, 0.6) is 0 Å². The summed E-state index contributed by atoms with van der Waals surface area (Å²) in [5.74, 6) is 1.40. The average molecular weight is 313 g/mol. The first-order valence-electron chi connectivity index (χ1n) is 5.10. The Morgan fingerprint density at radius 2 is 2.24 bits per heavy atom. The molecule has 2 aromatic heterocycles. The Morgan fingerprint density at radius 3 is 2.76 bits per heavy atom. The third kappa shape index (κ3) is 2.81. The van der Waals surface area contributed by atoms with Gasteiger partial charge in [-0.05, 0) is 35.0 Å². The second-order valence-electron chi connectivity index (χ2n) is 3.68. The van der Waals surface area contributed by atoms with Gasteiger partial charge in [-0.15, -0.1) is 11.8 Å². The van der Waals surface area contributed by atoms with Gasteiger partial charge in [-0.1, -0.05) is 0 Å². The molecule has 6 heteroatoms. The topological polar surface area (TPSA) is 56.7 Å². The highest BCUT2D eigenvalue weighted by Gasteiger charge is 2.10. The summed E-state index contributed by atoms with van der Waals surface area (Å²) in [6, 6.07) is 3.79. The molecule has 0 bridgehead atoms. The van der Waals surface area contributed by atoms with Crippen molar-refractivity contribution in [3.63, 3.8) is 0 Å². The summed E-state index contributed by atoms with van der Waals surface area (Å²) in [5.41, 5.74) is 7.73. The quantitative estimate of drug-likeness (QED) is 0.885. The smallest absolute Gasteiger partial charge is 0.123 e. The third-order valence-corrected chi connectivity index (χ3v) is 4.42. The van der Waals surface area contributed by atoms with Crippen LogP contribution in [0.4, 0.5) is 5.82 Å². The monoisotopic (exact) mass is 312 g/mol. The fraction of sp³-hybridized carbons (Fsp3) is 0.273. The minimum absolute atomic E-state index is 0.548. The first kappa shape index (κ1) is 12.4. The van der Waals surface area contributed by atoms with Gasteiger partial charge in [0.2, 0.25) is 0 Å². The normalized spacial score (nSPS) is 10.8. The minimum atomic E-state index is 0.548. The van der Waals surface area contributed by atoms with Crippen LogP contribution in [0.15, 0.2) is 27.7 Å². The minimum Gasteiger partial charge on any atom is -0.384 e. The lowest BCUT2D eigenvalue weighted by Gasteiger charge is -2.03. The maximum atomic E-state index is 5.54. The van der Waals surface area contributed by atoms with Gasteiger partial charge in [-0.3, -0.25) is 4.68 Å². The Bertz CT molecular complexity index is 521. The van der Waals surface area contributed by atoms with Crippen LogP contribution >= 0.6 is 27.7 Å². The van der Waals surface area contributed by atoms with Gasteiger partial charge < -0.3 is 5.73 Å². The Balaban J connectivity index is 2.09. The Labute approximate surface area is 113 Å². The van der Waals surface area contributed by atoms with Crippen LogP contribution in [0.3, 0.4) is 0 Å². The number of pyridine rings is 1. The molecule has 0 aliphatic carbocycles. The molecule has 90 valence electrons. The fourth-order valence-corrected chi connectivity index (χ4v) is 3.05. The lowest BCUT2D eigenvalue weighted by molar-refractivity contribution is 0.727. The molecule has 0 amide bonds. The van der Waals surface area contributed by atoms with E-state index in [9.17, 15) is 0 Å². The van der Waals surface area contributed by atoms with Gasteiger partial charge in [0.1, 0.15) is 5.82 Å². The zero-order chi connectivity index (χ0) is 12.4. The molecule has 0 radical (unpaired) electrons. The molecule has 2 rings (SSSR count). The molecule has 0 atom stereocenters. The summed E-state index contributed by atoms with van der Waals surface area (Å²) in [7, 11) is 1.95. The van der Waals surface area contributed by atoms with E-state index in [1.54, 1.807) is 18.0 Å². The maximum absolute atomic E-state index is 5.54. The summed E-state index contributed by atoms with van der Waals surface area (Å²) in [4.78, 5) is 5.17. The molecule has 2 heterocycles. The number of nitrogen functional groups attached to an aromatic ring is 1. The number of aryl methyl sites for hydroxylation is 2. The van der Waals surface area contributed by atoms with E-state index >= 15 is 0 Å². The van der Waals surface area contributed by atoms with Crippen molar-refractivity contribution in [3.8, 4) is 0 Å². The van der Waals surface area contributed by atoms with Gasteiger partial charge in [-0.25, -0.2) is 4.98 Å². The maximum Gasteiger partial charge on any atom is 0.123 e. The van der Waals surface area contributed by atoms with Crippen LogP contribution in [0, 0.1) is 6.92 Å². The van der Waals surface area contributed by atoms with E-state index in [0.717, 1.165) is 20.8 Å². The lowest BCUT2D eigenvalue weighted by Crippen LogP contribution is -1.97. The molecule has 0 unspecified atom stereocenters. The van der Waals surface area contributed by atoms with E-state index < -0.39 is 0 Å². The van der Waals surface area contributed by atoms with E-state index in [-0.39, 0.29) is 0 Å². The predicted octanol–water partition coefficient (Wildman–Crippen LogP) is 2.76. The van der Waals surface area contributed by atoms with E-state index in [1.807, 2.05) is 30.8 Å². The third-order valence-electron chi connectivity index (χ3n) is 2.40. The van der Waals surface area contributed by atoms with Crippen molar-refractivity contribution in [1.29, 1.82) is 0 Å². The van der Waals surface area contributed by atoms with Crippen LogP contribution in [0.1, 0.15) is 11.4 Å². The lowest BCUT2D eigenvalue weighted by atomic mass is 10.4. The van der Waals surface area contributed by atoms with Gasteiger partial charge >= 0.3 is 0 Å². The van der Waals surface area contributed by atoms with E-state index in [1.165, 1.54) is 5.69 Å². The summed E-state index contributed by atoms with van der Waals surface area (Å²) in [6.45, 7) is 1.99. The van der Waals surface area contributed by atoms with Crippen LogP contribution in [0.25, 0.3) is 0 Å². The van der Waals surface area contributed by atoms with Gasteiger partial charge in [0.25, 0.3) is 0 Å². The molecular weight excluding hydrogens is 300 g/mol. The van der Waals surface area contributed by atoms with Gasteiger partial charge in [-0.2, -0.15) is 5.10 Å². The molecule has 0 saturated heterocycles. The van der Waals surface area contributed by atoms with Crippen molar-refractivity contribution in [3.05, 3.63) is 34.2 Å². The number of rotatable bonds is 3. The molecule has 0 saturated carbocycles. The van der Waals surface area contributed by atoms with E-state index in [2.05, 4.69) is 26.0 Å². The van der Waals surface area contributed by atoms with Crippen molar-refractivity contribution in [1.82, 2.24) is 14.8 Å². The molecule has 0 aliphatic rings. The van der Waals surface area contributed by atoms with Gasteiger partial charge in [0, 0.05) is 23.9 Å². The van der Waals surface area contributed by atoms with Crippen LogP contribution in [0.2, 0.25) is 0 Å². The molecule has 0 aromatic carbocycles. The number of thioether (sulfide) groups is 1. The average Bonchev–Trinajstić information content (AvgIpc) is 2.54. The van der Waals surface area contributed by atoms with Crippen molar-refractivity contribution in [2.24, 2.45) is 7.05 Å². The van der Waals surface area contributed by atoms with Crippen molar-refractivity contribution >= 4 is 33.5 Å². The van der Waals surface area contributed by atoms with Crippen molar-refractivity contribution < 1.29 is 0 Å². The number of nitrogens with zero attached hydrogens (tertiary/aromatic N) is 3. The molecule has 17 heavy (non-hydrogen) atoms. The second-order valence-corrected chi connectivity index (χ2v) is 5.52. The standard InChI is InChI=1S/C11H13BrN4S/c1-7-11(12)9(16(2)15-7)6-17-8-3-4-10(13)14-5-8/h3-5H,6H2,1-2H3,(H2,13,14). The molecule has 2 aromatic rings. The first-order valence-corrected chi connectivity index (χ1v) is 6.88. The van der Waals surface area contributed by atoms with Crippen LogP contribution < -0.4 is 5.73 Å². The molecule has 0 spiro atoms. The highest BCUT2D eigenvalue weighted by Crippen LogP contribution is 2.28. The SMILES string of the molecule is Cc1nn(C)c(CSc2ccc(N)nc2)c1Br. The molecule has 4 nitrogen and oxygen atoms in total. The zero-order valence-electron chi connectivity index (χ0n) is 9.64. The number of halogens is 1. The Hall–Kier alpha value is -1.01. The number of hydrogen-bond donors (Lipinski definition) is 1. The first-order chi connectivity index (χ1) is 8.08. The Kier molecular flexibility index (Phi) is 3.73. The highest BCUT2D eigenvalue weighted by atomic mass is 79.9. The zero-order valence-corrected chi connectivity index (χ0v) is 12.0. The summed E-state index contributed by atoms with van der Waals surface area (Å²) >= 11 is 5.27. The highest BCUT2D eigenvalue weighted by molar-refractivity contribution is 9.10. The Morgan fingerprint density at radius 1 is 1.47 bits per heavy atom. The fourth-order valence-electron chi connectivity index (χ4n) is 1.47. The largest absolute Gasteiger partial charge is 0.384 e. The summed E-state index contributed by atoms with van der Waals surface area (Å²) < 4.78 is 2.98. The summed E-state index contributed by atoms with van der Waals surface area (Å²) in [5, 5.41) is 4.36. The van der Waals surface area contributed by atoms with Gasteiger partial charge in [0.05, 0.1) is 15.9 Å². The number of nitrogens with two attached hydrogens (primary N) is 1. The van der Waals surface area contributed by atoms with Crippen LogP contribution in [-0.2, 0) is 12.8 Å². The molecule has 0 fully saturated rings. The summed E-state index contributed by atoms with van der Waals surface area (Å²) in [6.07, 6.45) is 1.79. The van der Waals surface area contributed by atoms with E-state index in [0.29, 0.717) is 5.82 Å². The molecule has 2 N–H and O–H groups in total. The van der Waals surface area contributed by atoms with Crippen LogP contribution in [-0.4, -0.2) is 14.8 Å². The number of hydrogen-bond acceptors (Lipinski definition) is 4. The molecule has 0 aliphatic heterocycles. The van der Waals surface area contributed by atoms with Crippen molar-refractivity contribution in [2.45, 2.75) is 17.6 Å². The molecular formula is C11H13BrN4S. The number of aromatic nitrogens is 3. The van der Waals surface area contributed by atoms with E-state index in [4.69, 9.17) is 5.73 Å². The second kappa shape index (κ2) is 5.10. The van der Waals surface area contributed by atoms with Gasteiger partial charge in [0.15, 0.2) is 0 Å². The number of anilines is 1. The predicted molar refractivity (Wildman–Crippen MR) is 73.9 cm³/mol. The van der Waals surface area contributed by atoms with Crippen molar-refractivity contribution in [2.75, 3.05) is 5.73 Å².